The normalized spacial score (nSPS) is 20.5. The highest BCUT2D eigenvalue weighted by atomic mass is 16.5. The molecular formula is C20H26N4O2. The largest absolute Gasteiger partial charge is 0.492 e. The summed E-state index contributed by atoms with van der Waals surface area (Å²) in [7, 11) is 3.65. The van der Waals surface area contributed by atoms with E-state index in [1.165, 1.54) is 5.56 Å². The zero-order valence-corrected chi connectivity index (χ0v) is 15.4. The molecule has 2 aromatic heterocycles. The Kier molecular flexibility index (Phi) is 6.17. The average molecular weight is 354 g/mol. The topological polar surface area (TPSA) is 58.6 Å². The van der Waals surface area contributed by atoms with Gasteiger partial charge in [0.15, 0.2) is 0 Å². The maximum Gasteiger partial charge on any atom is 0.226 e. The molecule has 1 amide bonds. The number of ether oxygens (including phenoxy) is 1. The second-order valence-corrected chi connectivity index (χ2v) is 7.08. The van der Waals surface area contributed by atoms with Crippen LogP contribution in [0.2, 0.25) is 0 Å². The first-order valence-electron chi connectivity index (χ1n) is 8.97. The number of carbonyl (C=O) groups excluding carboxylic acids is 1. The summed E-state index contributed by atoms with van der Waals surface area (Å²) in [4.78, 5) is 24.8. The molecule has 0 spiro atoms. The Morgan fingerprint density at radius 3 is 2.69 bits per heavy atom. The van der Waals surface area contributed by atoms with E-state index in [1.807, 2.05) is 50.8 Å². The molecule has 2 aromatic rings. The lowest BCUT2D eigenvalue weighted by atomic mass is 9.88. The van der Waals surface area contributed by atoms with Crippen LogP contribution in [-0.4, -0.2) is 59.5 Å². The highest BCUT2D eigenvalue weighted by Gasteiger charge is 2.32. The minimum atomic E-state index is 0.00286. The summed E-state index contributed by atoms with van der Waals surface area (Å²) in [6.07, 6.45) is 7.93. The Hall–Kier alpha value is -2.47. The summed E-state index contributed by atoms with van der Waals surface area (Å²) in [6.45, 7) is 3.11. The van der Waals surface area contributed by atoms with E-state index >= 15 is 0 Å². The molecule has 1 fully saturated rings. The Morgan fingerprint density at radius 2 is 2.00 bits per heavy atom. The number of nitrogens with zero attached hydrogens (tertiary/aromatic N) is 4. The van der Waals surface area contributed by atoms with Gasteiger partial charge in [0.2, 0.25) is 5.91 Å². The third-order valence-electron chi connectivity index (χ3n) is 4.68. The Labute approximate surface area is 154 Å². The van der Waals surface area contributed by atoms with Crippen LogP contribution in [0.15, 0.2) is 49.1 Å². The van der Waals surface area contributed by atoms with E-state index in [9.17, 15) is 4.79 Å². The van der Waals surface area contributed by atoms with Crippen molar-refractivity contribution in [1.29, 1.82) is 0 Å². The van der Waals surface area contributed by atoms with Gasteiger partial charge in [0.25, 0.3) is 0 Å². The van der Waals surface area contributed by atoms with Gasteiger partial charge in [-0.05, 0) is 36.2 Å². The Morgan fingerprint density at radius 1 is 1.19 bits per heavy atom. The zero-order valence-electron chi connectivity index (χ0n) is 15.4. The predicted molar refractivity (Wildman–Crippen MR) is 99.5 cm³/mol. The summed E-state index contributed by atoms with van der Waals surface area (Å²) in [5.41, 5.74) is 1.21. The fourth-order valence-corrected chi connectivity index (χ4v) is 3.49. The van der Waals surface area contributed by atoms with Crippen molar-refractivity contribution in [3.05, 3.63) is 54.6 Å². The molecule has 0 saturated carbocycles. The van der Waals surface area contributed by atoms with Crippen molar-refractivity contribution < 1.29 is 9.53 Å². The van der Waals surface area contributed by atoms with E-state index in [-0.39, 0.29) is 11.8 Å². The number of hydrogen-bond acceptors (Lipinski definition) is 5. The summed E-state index contributed by atoms with van der Waals surface area (Å²) in [6, 6.07) is 7.83. The van der Waals surface area contributed by atoms with Crippen LogP contribution in [0.25, 0.3) is 0 Å². The second kappa shape index (κ2) is 8.76. The smallest absolute Gasteiger partial charge is 0.226 e. The number of rotatable bonds is 6. The van der Waals surface area contributed by atoms with Crippen molar-refractivity contribution in [3.8, 4) is 5.75 Å². The summed E-state index contributed by atoms with van der Waals surface area (Å²) < 4.78 is 5.91. The number of pyridine rings is 2. The molecule has 1 saturated heterocycles. The monoisotopic (exact) mass is 354 g/mol. The molecule has 1 aliphatic rings. The molecule has 0 bridgehead atoms. The Bertz CT molecular complexity index is 693. The van der Waals surface area contributed by atoms with Gasteiger partial charge >= 0.3 is 0 Å². The van der Waals surface area contributed by atoms with E-state index in [2.05, 4.69) is 14.9 Å². The van der Waals surface area contributed by atoms with E-state index < -0.39 is 0 Å². The summed E-state index contributed by atoms with van der Waals surface area (Å²) in [5, 5.41) is 0. The van der Waals surface area contributed by atoms with Crippen molar-refractivity contribution >= 4 is 5.91 Å². The number of hydrogen-bond donors (Lipinski definition) is 0. The van der Waals surface area contributed by atoms with Gasteiger partial charge in [0, 0.05) is 58.2 Å². The molecule has 1 aliphatic heterocycles. The summed E-state index contributed by atoms with van der Waals surface area (Å²) >= 11 is 0. The van der Waals surface area contributed by atoms with Crippen LogP contribution in [0.5, 0.6) is 5.75 Å². The van der Waals surface area contributed by atoms with Crippen LogP contribution >= 0.6 is 0 Å². The molecule has 3 rings (SSSR count). The molecule has 6 heteroatoms. The molecule has 0 unspecified atom stereocenters. The first-order chi connectivity index (χ1) is 12.6. The lowest BCUT2D eigenvalue weighted by Crippen LogP contribution is -2.47. The van der Waals surface area contributed by atoms with Gasteiger partial charge in [0.1, 0.15) is 5.75 Å². The third kappa shape index (κ3) is 5.02. The van der Waals surface area contributed by atoms with Crippen molar-refractivity contribution in [3.63, 3.8) is 0 Å². The van der Waals surface area contributed by atoms with Crippen LogP contribution < -0.4 is 4.74 Å². The van der Waals surface area contributed by atoms with Gasteiger partial charge in [-0.3, -0.25) is 19.7 Å². The van der Waals surface area contributed by atoms with E-state index in [0.717, 1.165) is 31.8 Å². The van der Waals surface area contributed by atoms with Crippen LogP contribution in [0, 0.1) is 11.8 Å². The second-order valence-electron chi connectivity index (χ2n) is 7.08. The van der Waals surface area contributed by atoms with Crippen LogP contribution in [0.4, 0.5) is 0 Å². The van der Waals surface area contributed by atoms with Gasteiger partial charge in [-0.15, -0.1) is 0 Å². The van der Waals surface area contributed by atoms with Gasteiger partial charge < -0.3 is 9.64 Å². The minimum Gasteiger partial charge on any atom is -0.492 e. The third-order valence-corrected chi connectivity index (χ3v) is 4.68. The van der Waals surface area contributed by atoms with Gasteiger partial charge in [-0.2, -0.15) is 0 Å². The molecule has 6 nitrogen and oxygen atoms in total. The van der Waals surface area contributed by atoms with Crippen molar-refractivity contribution in [2.24, 2.45) is 11.8 Å². The maximum absolute atomic E-state index is 12.6. The first kappa shape index (κ1) is 18.3. The molecule has 0 N–H and O–H groups in total. The number of aromatic nitrogens is 2. The van der Waals surface area contributed by atoms with E-state index in [1.54, 1.807) is 17.3 Å². The van der Waals surface area contributed by atoms with Crippen molar-refractivity contribution in [1.82, 2.24) is 19.8 Å². The molecule has 138 valence electrons. The Balaban J connectivity index is 1.66. The molecule has 2 atom stereocenters. The molecule has 0 aromatic carbocycles. The van der Waals surface area contributed by atoms with Crippen LogP contribution in [0.3, 0.4) is 0 Å². The van der Waals surface area contributed by atoms with Crippen molar-refractivity contribution in [2.45, 2.75) is 13.0 Å². The minimum absolute atomic E-state index is 0.00286. The quantitative estimate of drug-likeness (QED) is 0.795. The summed E-state index contributed by atoms with van der Waals surface area (Å²) in [5.74, 6) is 1.27. The molecule has 0 aliphatic carbocycles. The van der Waals surface area contributed by atoms with Crippen LogP contribution in [0.1, 0.15) is 12.0 Å². The molecule has 0 radical (unpaired) electrons. The van der Waals surface area contributed by atoms with Gasteiger partial charge in [-0.25, -0.2) is 0 Å². The number of carbonyl (C=O) groups is 1. The van der Waals surface area contributed by atoms with Gasteiger partial charge in [-0.1, -0.05) is 0 Å². The lowest BCUT2D eigenvalue weighted by Gasteiger charge is -2.38. The zero-order chi connectivity index (χ0) is 18.4. The maximum atomic E-state index is 12.6. The standard InChI is InChI=1S/C20H26N4O2/c1-23(2)20(25)18-10-17(15-26-19-4-3-7-22-11-19)13-24(14-18)12-16-5-8-21-9-6-16/h3-9,11,17-18H,10,12-15H2,1-2H3/t17-,18+/m0/s1. The molecule has 26 heavy (non-hydrogen) atoms. The number of likely N-dealkylation sites (tertiary alicyclic amines) is 1. The van der Waals surface area contributed by atoms with Gasteiger partial charge in [0.05, 0.1) is 18.7 Å². The highest BCUT2D eigenvalue weighted by molar-refractivity contribution is 5.78. The molecular weight excluding hydrogens is 328 g/mol. The molecule has 3 heterocycles. The van der Waals surface area contributed by atoms with E-state index in [4.69, 9.17) is 4.74 Å². The number of amides is 1. The van der Waals surface area contributed by atoms with Crippen LogP contribution in [-0.2, 0) is 11.3 Å². The van der Waals surface area contributed by atoms with Crippen molar-refractivity contribution in [2.75, 3.05) is 33.8 Å². The number of piperidine rings is 1. The highest BCUT2D eigenvalue weighted by Crippen LogP contribution is 2.25. The fourth-order valence-electron chi connectivity index (χ4n) is 3.49. The average Bonchev–Trinajstić information content (AvgIpc) is 2.67. The predicted octanol–water partition coefficient (Wildman–Crippen LogP) is 2.08. The SMILES string of the molecule is CN(C)C(=O)[C@@H]1C[C@H](COc2cccnc2)CN(Cc2ccncc2)C1. The first-order valence-corrected chi connectivity index (χ1v) is 8.97. The fraction of sp³-hybridized carbons (Fsp3) is 0.450. The lowest BCUT2D eigenvalue weighted by molar-refractivity contribution is -0.135. The van der Waals surface area contributed by atoms with E-state index in [0.29, 0.717) is 12.5 Å².